The molecule has 0 bridgehead atoms. The Morgan fingerprint density at radius 3 is 2.67 bits per heavy atom. The maximum atomic E-state index is 15.1. The molecule has 2 atom stereocenters. The number of phenols is 1. The second kappa shape index (κ2) is 6.35. The van der Waals surface area contributed by atoms with Gasteiger partial charge in [0, 0.05) is 30.7 Å². The summed E-state index contributed by atoms with van der Waals surface area (Å²) in [7, 11) is 0. The molecule has 27 heavy (non-hydrogen) atoms. The van der Waals surface area contributed by atoms with Crippen molar-refractivity contribution in [3.63, 3.8) is 0 Å². The van der Waals surface area contributed by atoms with Crippen LogP contribution in [0.2, 0.25) is 0 Å². The van der Waals surface area contributed by atoms with Crippen molar-refractivity contribution in [3.05, 3.63) is 32.2 Å². The number of nitrogens with zero attached hydrogens (tertiary/aromatic N) is 2. The van der Waals surface area contributed by atoms with E-state index in [1.807, 2.05) is 0 Å². The molecule has 2 fully saturated rings. The summed E-state index contributed by atoms with van der Waals surface area (Å²) in [6.07, 6.45) is 2.28. The molecule has 0 radical (unpaired) electrons. The number of rotatable bonds is 4. The fraction of sp³-hybridized carbons (Fsp3) is 0.556. The van der Waals surface area contributed by atoms with Gasteiger partial charge in [-0.1, -0.05) is 0 Å². The molecule has 0 spiro atoms. The number of anilines is 1. The summed E-state index contributed by atoms with van der Waals surface area (Å²) in [5, 5.41) is 19.5. The van der Waals surface area contributed by atoms with Gasteiger partial charge in [-0.05, 0) is 32.1 Å². The number of aryl methyl sites for hydroxylation is 1. The Bertz CT molecular complexity index is 1030. The van der Waals surface area contributed by atoms with E-state index in [0.717, 1.165) is 12.8 Å². The fourth-order valence-electron chi connectivity index (χ4n) is 4.18. The van der Waals surface area contributed by atoms with Crippen LogP contribution < -0.4 is 21.9 Å². The minimum absolute atomic E-state index is 0.00330. The third kappa shape index (κ3) is 2.72. The zero-order valence-electron chi connectivity index (χ0n) is 15.0. The maximum Gasteiger partial charge on any atom is 0.329 e. The Balaban J connectivity index is 1.94. The standard InChI is InChI=1S/C18H23FN4O4/c1-8-14-12(17(26)21-18(27)23(14)10-2-3-10)16(25)13(19)15(8)22-5-4-9(6-22)11(20)7-24/h9-11,24-25H,2-7,20H2,1H3,(H,21,26,27). The molecule has 1 saturated heterocycles. The van der Waals surface area contributed by atoms with E-state index in [9.17, 15) is 19.8 Å². The molecule has 1 aromatic carbocycles. The molecular weight excluding hydrogens is 355 g/mol. The number of aliphatic hydroxyl groups is 1. The lowest BCUT2D eigenvalue weighted by atomic mass is 10.0. The van der Waals surface area contributed by atoms with Crippen molar-refractivity contribution in [1.29, 1.82) is 0 Å². The van der Waals surface area contributed by atoms with Crippen molar-refractivity contribution >= 4 is 16.6 Å². The highest BCUT2D eigenvalue weighted by Gasteiger charge is 2.34. The molecular formula is C18H23FN4O4. The number of phenolic OH excluding ortho intramolecular Hbond substituents is 1. The third-order valence-corrected chi connectivity index (χ3v) is 5.78. The van der Waals surface area contributed by atoms with Gasteiger partial charge in [0.15, 0.2) is 11.6 Å². The van der Waals surface area contributed by atoms with Crippen LogP contribution in [0.25, 0.3) is 10.9 Å². The van der Waals surface area contributed by atoms with Gasteiger partial charge in [-0.15, -0.1) is 0 Å². The number of aromatic hydroxyl groups is 1. The fourth-order valence-corrected chi connectivity index (χ4v) is 4.18. The molecule has 1 saturated carbocycles. The summed E-state index contributed by atoms with van der Waals surface area (Å²) < 4.78 is 16.5. The van der Waals surface area contributed by atoms with E-state index < -0.39 is 28.9 Å². The molecule has 1 aromatic heterocycles. The van der Waals surface area contributed by atoms with Crippen molar-refractivity contribution in [2.45, 2.75) is 38.3 Å². The van der Waals surface area contributed by atoms with Crippen LogP contribution in [0.1, 0.15) is 30.9 Å². The second-order valence-corrected chi connectivity index (χ2v) is 7.56. The second-order valence-electron chi connectivity index (χ2n) is 7.56. The summed E-state index contributed by atoms with van der Waals surface area (Å²) in [6, 6.07) is -0.456. The zero-order chi connectivity index (χ0) is 19.5. The van der Waals surface area contributed by atoms with E-state index in [2.05, 4.69) is 4.98 Å². The largest absolute Gasteiger partial charge is 0.504 e. The molecule has 146 valence electrons. The predicted octanol–water partition coefficient (Wildman–Crippen LogP) is 0.324. The normalized spacial score (nSPS) is 21.2. The number of aliphatic hydroxyl groups excluding tert-OH is 1. The molecule has 5 N–H and O–H groups in total. The summed E-state index contributed by atoms with van der Waals surface area (Å²) in [5.41, 5.74) is 5.51. The van der Waals surface area contributed by atoms with Gasteiger partial charge in [-0.3, -0.25) is 14.3 Å². The highest BCUT2D eigenvalue weighted by molar-refractivity contribution is 5.92. The topological polar surface area (TPSA) is 125 Å². The third-order valence-electron chi connectivity index (χ3n) is 5.78. The number of benzene rings is 1. The van der Waals surface area contributed by atoms with Gasteiger partial charge in [0.05, 0.1) is 17.8 Å². The monoisotopic (exact) mass is 378 g/mol. The lowest BCUT2D eigenvalue weighted by molar-refractivity contribution is 0.233. The molecule has 8 nitrogen and oxygen atoms in total. The van der Waals surface area contributed by atoms with Gasteiger partial charge in [0.2, 0.25) is 0 Å². The Labute approximate surface area is 154 Å². The van der Waals surface area contributed by atoms with Crippen molar-refractivity contribution in [1.82, 2.24) is 9.55 Å². The van der Waals surface area contributed by atoms with Gasteiger partial charge >= 0.3 is 5.69 Å². The first-order chi connectivity index (χ1) is 12.8. The van der Waals surface area contributed by atoms with Gasteiger partial charge in [0.25, 0.3) is 5.56 Å². The summed E-state index contributed by atoms with van der Waals surface area (Å²) >= 11 is 0. The molecule has 4 rings (SSSR count). The van der Waals surface area contributed by atoms with E-state index in [4.69, 9.17) is 5.73 Å². The number of hydrogen-bond donors (Lipinski definition) is 4. The van der Waals surface area contributed by atoms with E-state index in [0.29, 0.717) is 25.1 Å². The SMILES string of the molecule is Cc1c(N2CCC(C(N)CO)C2)c(F)c(O)c2c(=O)[nH]c(=O)n(C3CC3)c12. The van der Waals surface area contributed by atoms with Crippen LogP contribution in [0.15, 0.2) is 9.59 Å². The first-order valence-electron chi connectivity index (χ1n) is 9.16. The number of fused-ring (bicyclic) bond motifs is 1. The Morgan fingerprint density at radius 1 is 1.33 bits per heavy atom. The minimum Gasteiger partial charge on any atom is -0.504 e. The molecule has 1 aliphatic carbocycles. The van der Waals surface area contributed by atoms with E-state index in [1.54, 1.807) is 11.8 Å². The summed E-state index contributed by atoms with van der Waals surface area (Å²) in [4.78, 5) is 28.6. The van der Waals surface area contributed by atoms with Crippen LogP contribution >= 0.6 is 0 Å². The summed E-state index contributed by atoms with van der Waals surface area (Å²) in [6.45, 7) is 2.45. The zero-order valence-corrected chi connectivity index (χ0v) is 15.0. The van der Waals surface area contributed by atoms with Crippen molar-refractivity contribution in [2.24, 2.45) is 11.7 Å². The number of aromatic amines is 1. The number of nitrogens with one attached hydrogen (secondary N) is 1. The number of aromatic nitrogens is 2. The Hall–Kier alpha value is -2.39. The number of halogens is 1. The van der Waals surface area contributed by atoms with Crippen LogP contribution in [0.5, 0.6) is 5.75 Å². The quantitative estimate of drug-likeness (QED) is 0.608. The average Bonchev–Trinajstić information content (AvgIpc) is 3.35. The van der Waals surface area contributed by atoms with Crippen LogP contribution in [0.3, 0.4) is 0 Å². The highest BCUT2D eigenvalue weighted by atomic mass is 19.1. The van der Waals surface area contributed by atoms with Crippen LogP contribution in [-0.4, -0.2) is 45.5 Å². The maximum absolute atomic E-state index is 15.1. The number of hydrogen-bond acceptors (Lipinski definition) is 6. The molecule has 0 amide bonds. The molecule has 1 aliphatic heterocycles. The Morgan fingerprint density at radius 2 is 2.04 bits per heavy atom. The lowest BCUT2D eigenvalue weighted by Gasteiger charge is -2.25. The molecule has 2 aromatic rings. The summed E-state index contributed by atoms with van der Waals surface area (Å²) in [5.74, 6) is -1.61. The van der Waals surface area contributed by atoms with Crippen LogP contribution in [-0.2, 0) is 0 Å². The lowest BCUT2D eigenvalue weighted by Crippen LogP contribution is -2.36. The van der Waals surface area contributed by atoms with Crippen LogP contribution in [0, 0.1) is 18.7 Å². The van der Waals surface area contributed by atoms with Gasteiger partial charge in [-0.2, -0.15) is 0 Å². The molecule has 9 heteroatoms. The molecule has 2 aliphatic rings. The predicted molar refractivity (Wildman–Crippen MR) is 98.8 cm³/mol. The molecule has 2 unspecified atom stereocenters. The highest BCUT2D eigenvalue weighted by Crippen LogP contribution is 2.42. The van der Waals surface area contributed by atoms with E-state index >= 15 is 4.39 Å². The number of nitrogens with two attached hydrogens (primary N) is 1. The van der Waals surface area contributed by atoms with Gasteiger partial charge < -0.3 is 20.8 Å². The first kappa shape index (κ1) is 18.0. The molecule has 2 heterocycles. The van der Waals surface area contributed by atoms with E-state index in [-0.39, 0.29) is 35.2 Å². The van der Waals surface area contributed by atoms with E-state index in [1.165, 1.54) is 4.57 Å². The smallest absolute Gasteiger partial charge is 0.329 e. The Kier molecular flexibility index (Phi) is 4.23. The van der Waals surface area contributed by atoms with Crippen LogP contribution in [0.4, 0.5) is 10.1 Å². The van der Waals surface area contributed by atoms with Crippen molar-refractivity contribution < 1.29 is 14.6 Å². The van der Waals surface area contributed by atoms with Crippen molar-refractivity contribution in [3.8, 4) is 5.75 Å². The van der Waals surface area contributed by atoms with Crippen molar-refractivity contribution in [2.75, 3.05) is 24.6 Å². The number of H-pyrrole nitrogens is 1. The minimum atomic E-state index is -0.871. The van der Waals surface area contributed by atoms with Gasteiger partial charge in [0.1, 0.15) is 5.39 Å². The average molecular weight is 378 g/mol. The van der Waals surface area contributed by atoms with Gasteiger partial charge in [-0.25, -0.2) is 9.18 Å². The first-order valence-corrected chi connectivity index (χ1v) is 9.16.